The Balaban J connectivity index is 3.20. The van der Waals surface area contributed by atoms with Crippen molar-refractivity contribution >= 4 is 17.8 Å². The van der Waals surface area contributed by atoms with Crippen LogP contribution < -0.4 is 4.74 Å². The number of hydrogen-bond donors (Lipinski definition) is 1. The van der Waals surface area contributed by atoms with Gasteiger partial charge in [0.2, 0.25) is 0 Å². The third-order valence-electron chi connectivity index (χ3n) is 3.81. The molecule has 0 spiro atoms. The van der Waals surface area contributed by atoms with E-state index >= 15 is 0 Å². The van der Waals surface area contributed by atoms with Crippen LogP contribution in [0.4, 0.5) is 0 Å². The van der Waals surface area contributed by atoms with Gasteiger partial charge in [0.05, 0.1) is 13.7 Å². The zero-order chi connectivity index (χ0) is 19.1. The molecule has 0 aliphatic heterocycles. The molecular formula is C20H28O5. The maximum atomic E-state index is 12.2. The van der Waals surface area contributed by atoms with Crippen LogP contribution >= 0.6 is 0 Å². The fourth-order valence-electron chi connectivity index (χ4n) is 2.27. The SMILES string of the molecule is COc1cc(/C=C(/C(C)=O)C(=O)OCCC(C)C)cc(C(C)C)c1O. The Labute approximate surface area is 149 Å². The van der Waals surface area contributed by atoms with Crippen LogP contribution in [0.25, 0.3) is 6.08 Å². The van der Waals surface area contributed by atoms with Crippen molar-refractivity contribution in [3.63, 3.8) is 0 Å². The van der Waals surface area contributed by atoms with E-state index in [-0.39, 0.29) is 29.6 Å². The fraction of sp³-hybridized carbons (Fsp3) is 0.500. The van der Waals surface area contributed by atoms with Crippen LogP contribution in [0.15, 0.2) is 17.7 Å². The van der Waals surface area contributed by atoms with Gasteiger partial charge in [-0.1, -0.05) is 27.7 Å². The second kappa shape index (κ2) is 9.25. The number of carbonyl (C=O) groups excluding carboxylic acids is 2. The van der Waals surface area contributed by atoms with Gasteiger partial charge in [-0.3, -0.25) is 4.79 Å². The van der Waals surface area contributed by atoms with Crippen molar-refractivity contribution in [1.82, 2.24) is 0 Å². The molecule has 1 aromatic carbocycles. The predicted molar refractivity (Wildman–Crippen MR) is 97.8 cm³/mol. The monoisotopic (exact) mass is 348 g/mol. The molecule has 0 amide bonds. The Kier molecular flexibility index (Phi) is 7.68. The van der Waals surface area contributed by atoms with E-state index < -0.39 is 5.97 Å². The minimum Gasteiger partial charge on any atom is -0.504 e. The highest BCUT2D eigenvalue weighted by Crippen LogP contribution is 2.36. The second-order valence-corrected chi connectivity index (χ2v) is 6.75. The highest BCUT2D eigenvalue weighted by Gasteiger charge is 2.18. The van der Waals surface area contributed by atoms with Crippen molar-refractivity contribution < 1.29 is 24.2 Å². The van der Waals surface area contributed by atoms with E-state index in [2.05, 4.69) is 0 Å². The summed E-state index contributed by atoms with van der Waals surface area (Å²) < 4.78 is 10.4. The summed E-state index contributed by atoms with van der Waals surface area (Å²) in [5.74, 6) is -0.167. The van der Waals surface area contributed by atoms with Gasteiger partial charge in [0.1, 0.15) is 5.57 Å². The van der Waals surface area contributed by atoms with Crippen molar-refractivity contribution in [2.75, 3.05) is 13.7 Å². The van der Waals surface area contributed by atoms with Gasteiger partial charge < -0.3 is 14.6 Å². The molecule has 5 heteroatoms. The predicted octanol–water partition coefficient (Wildman–Crippen LogP) is 4.09. The quantitative estimate of drug-likeness (QED) is 0.332. The molecule has 138 valence electrons. The van der Waals surface area contributed by atoms with Crippen molar-refractivity contribution in [2.24, 2.45) is 5.92 Å². The third kappa shape index (κ3) is 5.93. The summed E-state index contributed by atoms with van der Waals surface area (Å²) in [5, 5.41) is 10.2. The zero-order valence-electron chi connectivity index (χ0n) is 15.9. The van der Waals surface area contributed by atoms with Crippen molar-refractivity contribution in [3.05, 3.63) is 28.8 Å². The number of benzene rings is 1. The van der Waals surface area contributed by atoms with Crippen LogP contribution in [0.5, 0.6) is 11.5 Å². The number of ketones is 1. The molecule has 0 radical (unpaired) electrons. The number of esters is 1. The summed E-state index contributed by atoms with van der Waals surface area (Å²) >= 11 is 0. The van der Waals surface area contributed by atoms with E-state index in [9.17, 15) is 14.7 Å². The average Bonchev–Trinajstić information content (AvgIpc) is 2.52. The van der Waals surface area contributed by atoms with Crippen LogP contribution in [-0.4, -0.2) is 30.6 Å². The lowest BCUT2D eigenvalue weighted by atomic mass is 9.97. The normalized spacial score (nSPS) is 11.8. The van der Waals surface area contributed by atoms with Gasteiger partial charge >= 0.3 is 5.97 Å². The van der Waals surface area contributed by atoms with Crippen LogP contribution in [-0.2, 0) is 14.3 Å². The van der Waals surface area contributed by atoms with Crippen LogP contribution in [0.3, 0.4) is 0 Å². The summed E-state index contributed by atoms with van der Waals surface area (Å²) in [6.07, 6.45) is 2.22. The van der Waals surface area contributed by atoms with E-state index in [4.69, 9.17) is 9.47 Å². The maximum Gasteiger partial charge on any atom is 0.341 e. The first-order chi connectivity index (χ1) is 11.7. The van der Waals surface area contributed by atoms with Crippen molar-refractivity contribution in [1.29, 1.82) is 0 Å². The Morgan fingerprint density at radius 1 is 1.20 bits per heavy atom. The molecule has 25 heavy (non-hydrogen) atoms. The first-order valence-electron chi connectivity index (χ1n) is 8.48. The third-order valence-corrected chi connectivity index (χ3v) is 3.81. The number of aromatic hydroxyl groups is 1. The molecule has 1 rings (SSSR count). The number of phenolic OH excluding ortho intramolecular Hbond substituents is 1. The Morgan fingerprint density at radius 3 is 2.32 bits per heavy atom. The molecule has 0 saturated carbocycles. The van der Waals surface area contributed by atoms with Gasteiger partial charge in [-0.05, 0) is 49.0 Å². The Hall–Kier alpha value is -2.30. The fourth-order valence-corrected chi connectivity index (χ4v) is 2.27. The molecule has 0 aromatic heterocycles. The van der Waals surface area contributed by atoms with Gasteiger partial charge in [0.15, 0.2) is 17.3 Å². The zero-order valence-corrected chi connectivity index (χ0v) is 15.9. The van der Waals surface area contributed by atoms with Gasteiger partial charge in [-0.15, -0.1) is 0 Å². The number of carbonyl (C=O) groups is 2. The minimum atomic E-state index is -0.633. The summed E-state index contributed by atoms with van der Waals surface area (Å²) in [4.78, 5) is 24.1. The smallest absolute Gasteiger partial charge is 0.341 e. The molecule has 0 fully saturated rings. The first kappa shape index (κ1) is 20.7. The second-order valence-electron chi connectivity index (χ2n) is 6.75. The van der Waals surface area contributed by atoms with E-state index in [1.54, 1.807) is 12.1 Å². The lowest BCUT2D eigenvalue weighted by Crippen LogP contribution is -2.15. The topological polar surface area (TPSA) is 72.8 Å². The van der Waals surface area contributed by atoms with E-state index in [0.29, 0.717) is 22.8 Å². The van der Waals surface area contributed by atoms with E-state index in [0.717, 1.165) is 6.42 Å². The standard InChI is InChI=1S/C20H28O5/c1-12(2)7-8-25-20(23)17(14(5)21)10-15-9-16(13(3)4)19(22)18(11-15)24-6/h9-13,22H,7-8H2,1-6H3/b17-10-. The lowest BCUT2D eigenvalue weighted by molar-refractivity contribution is -0.140. The molecule has 0 unspecified atom stereocenters. The molecule has 0 atom stereocenters. The Morgan fingerprint density at radius 2 is 1.84 bits per heavy atom. The maximum absolute atomic E-state index is 12.2. The first-order valence-corrected chi connectivity index (χ1v) is 8.48. The molecule has 0 saturated heterocycles. The summed E-state index contributed by atoms with van der Waals surface area (Å²) in [6, 6.07) is 3.33. The minimum absolute atomic E-state index is 0.0220. The number of hydrogen-bond acceptors (Lipinski definition) is 5. The molecule has 0 heterocycles. The number of rotatable bonds is 8. The number of methoxy groups -OCH3 is 1. The van der Waals surface area contributed by atoms with Gasteiger partial charge in [0, 0.05) is 5.56 Å². The largest absolute Gasteiger partial charge is 0.504 e. The molecule has 0 aliphatic carbocycles. The molecule has 1 aromatic rings. The van der Waals surface area contributed by atoms with Crippen molar-refractivity contribution in [3.8, 4) is 11.5 Å². The average molecular weight is 348 g/mol. The van der Waals surface area contributed by atoms with Gasteiger partial charge in [-0.2, -0.15) is 0 Å². The molecule has 0 aliphatic rings. The summed E-state index contributed by atoms with van der Waals surface area (Å²) in [5.41, 5.74) is 1.26. The van der Waals surface area contributed by atoms with Gasteiger partial charge in [-0.25, -0.2) is 4.79 Å². The summed E-state index contributed by atoms with van der Waals surface area (Å²) in [6.45, 7) is 9.55. The highest BCUT2D eigenvalue weighted by atomic mass is 16.5. The summed E-state index contributed by atoms with van der Waals surface area (Å²) in [7, 11) is 1.46. The number of phenols is 1. The molecule has 1 N–H and O–H groups in total. The van der Waals surface area contributed by atoms with Crippen LogP contribution in [0, 0.1) is 5.92 Å². The van der Waals surface area contributed by atoms with Crippen LogP contribution in [0.1, 0.15) is 58.1 Å². The van der Waals surface area contributed by atoms with Crippen LogP contribution in [0.2, 0.25) is 0 Å². The Bertz CT molecular complexity index is 656. The highest BCUT2D eigenvalue weighted by molar-refractivity contribution is 6.19. The lowest BCUT2D eigenvalue weighted by Gasteiger charge is -2.14. The van der Waals surface area contributed by atoms with Crippen molar-refractivity contribution in [2.45, 2.75) is 47.0 Å². The van der Waals surface area contributed by atoms with Gasteiger partial charge in [0.25, 0.3) is 0 Å². The molecule has 5 nitrogen and oxygen atoms in total. The van der Waals surface area contributed by atoms with E-state index in [1.807, 2.05) is 27.7 Å². The molecule has 0 bridgehead atoms. The number of ether oxygens (including phenoxy) is 2. The molecular weight excluding hydrogens is 320 g/mol. The van der Waals surface area contributed by atoms with E-state index in [1.165, 1.54) is 20.1 Å². The number of Topliss-reactive ketones (excluding diaryl/α,β-unsaturated/α-hetero) is 1.